The summed E-state index contributed by atoms with van der Waals surface area (Å²) in [7, 11) is 1.73. The minimum absolute atomic E-state index is 0.533. The number of rotatable bonds is 4. The normalized spacial score (nSPS) is 19.4. The Balaban J connectivity index is 1.91. The van der Waals surface area contributed by atoms with Crippen LogP contribution in [0, 0.1) is 5.41 Å². The largest absolute Gasteiger partial charge is 0.496 e. The average molecular weight is 326 g/mol. The first-order chi connectivity index (χ1) is 9.00. The van der Waals surface area contributed by atoms with Crippen molar-refractivity contribution in [2.24, 2.45) is 5.41 Å². The van der Waals surface area contributed by atoms with Crippen molar-refractivity contribution in [3.8, 4) is 5.75 Å². The predicted molar refractivity (Wildman–Crippen MR) is 83.6 cm³/mol. The molecule has 2 rings (SSSR count). The summed E-state index contributed by atoms with van der Waals surface area (Å²) in [4.78, 5) is 0. The highest BCUT2D eigenvalue weighted by Gasteiger charge is 2.26. The van der Waals surface area contributed by atoms with Crippen LogP contribution in [0.5, 0.6) is 5.75 Å². The van der Waals surface area contributed by atoms with Gasteiger partial charge >= 0.3 is 0 Å². The molecule has 1 saturated carbocycles. The zero-order valence-corrected chi connectivity index (χ0v) is 13.7. The number of nitrogens with one attached hydrogen (secondary N) is 1. The van der Waals surface area contributed by atoms with Gasteiger partial charge in [-0.05, 0) is 49.3 Å². The third kappa shape index (κ3) is 4.22. The molecule has 0 saturated heterocycles. The molecule has 0 bridgehead atoms. The van der Waals surface area contributed by atoms with Gasteiger partial charge in [0.15, 0.2) is 0 Å². The van der Waals surface area contributed by atoms with E-state index in [9.17, 15) is 0 Å². The molecule has 106 valence electrons. The van der Waals surface area contributed by atoms with Gasteiger partial charge in [-0.3, -0.25) is 0 Å². The molecular formula is C16H24BrNO. The van der Waals surface area contributed by atoms with Crippen LogP contribution < -0.4 is 10.1 Å². The molecule has 1 aliphatic carbocycles. The van der Waals surface area contributed by atoms with Crippen molar-refractivity contribution in [3.05, 3.63) is 28.2 Å². The Hall–Kier alpha value is -0.540. The van der Waals surface area contributed by atoms with Gasteiger partial charge in [0.05, 0.1) is 7.11 Å². The van der Waals surface area contributed by atoms with E-state index in [0.717, 1.165) is 16.8 Å². The molecule has 0 atom stereocenters. The number of benzene rings is 1. The molecule has 1 aromatic rings. The van der Waals surface area contributed by atoms with Crippen LogP contribution in [0.2, 0.25) is 0 Å². The first-order valence-corrected chi connectivity index (χ1v) is 7.85. The molecule has 0 heterocycles. The predicted octanol–water partition coefficient (Wildman–Crippen LogP) is 4.52. The van der Waals surface area contributed by atoms with Gasteiger partial charge in [-0.15, -0.1) is 0 Å². The van der Waals surface area contributed by atoms with E-state index in [1.54, 1.807) is 7.11 Å². The Morgan fingerprint density at radius 2 is 2.00 bits per heavy atom. The van der Waals surface area contributed by atoms with Gasteiger partial charge in [0.25, 0.3) is 0 Å². The van der Waals surface area contributed by atoms with Crippen molar-refractivity contribution >= 4 is 15.9 Å². The van der Waals surface area contributed by atoms with Crippen LogP contribution >= 0.6 is 15.9 Å². The molecule has 0 amide bonds. The number of ether oxygens (including phenoxy) is 1. The molecule has 3 heteroatoms. The zero-order chi connectivity index (χ0) is 13.9. The van der Waals surface area contributed by atoms with Crippen LogP contribution in [-0.4, -0.2) is 13.2 Å². The topological polar surface area (TPSA) is 21.3 Å². The van der Waals surface area contributed by atoms with Crippen LogP contribution in [0.4, 0.5) is 0 Å². The van der Waals surface area contributed by atoms with E-state index in [0.29, 0.717) is 11.5 Å². The third-order valence-electron chi connectivity index (χ3n) is 4.16. The Morgan fingerprint density at radius 1 is 1.32 bits per heavy atom. The molecule has 0 radical (unpaired) electrons. The van der Waals surface area contributed by atoms with Crippen LogP contribution in [-0.2, 0) is 6.54 Å². The summed E-state index contributed by atoms with van der Waals surface area (Å²) in [6, 6.07) is 6.83. The van der Waals surface area contributed by atoms with E-state index in [1.165, 1.54) is 31.2 Å². The van der Waals surface area contributed by atoms with Crippen molar-refractivity contribution < 1.29 is 4.74 Å². The Morgan fingerprint density at radius 3 is 2.63 bits per heavy atom. The summed E-state index contributed by atoms with van der Waals surface area (Å²) in [5, 5.41) is 3.68. The molecule has 0 spiro atoms. The second-order valence-electron chi connectivity index (χ2n) is 6.28. The Labute approximate surface area is 125 Å². The van der Waals surface area contributed by atoms with Gasteiger partial charge in [0, 0.05) is 22.6 Å². The van der Waals surface area contributed by atoms with Crippen molar-refractivity contribution in [2.75, 3.05) is 7.11 Å². The fourth-order valence-electron chi connectivity index (χ4n) is 2.74. The minimum atomic E-state index is 0.533. The van der Waals surface area contributed by atoms with Crippen LogP contribution in [0.15, 0.2) is 22.7 Å². The molecular weight excluding hydrogens is 302 g/mol. The van der Waals surface area contributed by atoms with Gasteiger partial charge in [-0.1, -0.05) is 29.8 Å². The van der Waals surface area contributed by atoms with E-state index in [-0.39, 0.29) is 0 Å². The van der Waals surface area contributed by atoms with E-state index >= 15 is 0 Å². The number of halogens is 1. The van der Waals surface area contributed by atoms with Crippen LogP contribution in [0.3, 0.4) is 0 Å². The molecule has 1 aliphatic rings. The lowest BCUT2D eigenvalue weighted by molar-refractivity contribution is 0.205. The lowest BCUT2D eigenvalue weighted by Gasteiger charge is -2.34. The van der Waals surface area contributed by atoms with Gasteiger partial charge in [0.2, 0.25) is 0 Å². The molecule has 1 aromatic carbocycles. The summed E-state index contributed by atoms with van der Waals surface area (Å²) in [5.74, 6) is 0.965. The van der Waals surface area contributed by atoms with E-state index in [1.807, 2.05) is 12.1 Å². The molecule has 0 unspecified atom stereocenters. The van der Waals surface area contributed by atoms with E-state index < -0.39 is 0 Å². The molecule has 1 N–H and O–H groups in total. The SMILES string of the molecule is COc1ccc(Br)cc1CNC1CCC(C)(C)CC1. The maximum atomic E-state index is 5.41. The molecule has 0 aliphatic heterocycles. The monoisotopic (exact) mass is 325 g/mol. The maximum Gasteiger partial charge on any atom is 0.123 e. The average Bonchev–Trinajstić information content (AvgIpc) is 2.38. The fraction of sp³-hybridized carbons (Fsp3) is 0.625. The summed E-state index contributed by atoms with van der Waals surface area (Å²) in [6.45, 7) is 5.63. The second-order valence-corrected chi connectivity index (χ2v) is 7.19. The smallest absolute Gasteiger partial charge is 0.123 e. The Kier molecular flexibility index (Phi) is 4.91. The molecule has 1 fully saturated rings. The standard InChI is InChI=1S/C16H24BrNO/c1-16(2)8-6-14(7-9-16)18-11-12-10-13(17)4-5-15(12)19-3/h4-5,10,14,18H,6-9,11H2,1-3H3. The first-order valence-electron chi connectivity index (χ1n) is 7.06. The van der Waals surface area contributed by atoms with Crippen LogP contribution in [0.25, 0.3) is 0 Å². The van der Waals surface area contributed by atoms with Crippen molar-refractivity contribution in [1.29, 1.82) is 0 Å². The summed E-state index contributed by atoms with van der Waals surface area (Å²) < 4.78 is 6.52. The van der Waals surface area contributed by atoms with E-state index in [4.69, 9.17) is 4.74 Å². The summed E-state index contributed by atoms with van der Waals surface area (Å²) in [5.41, 5.74) is 1.76. The van der Waals surface area contributed by atoms with Gasteiger partial charge < -0.3 is 10.1 Å². The number of hydrogen-bond donors (Lipinski definition) is 1. The third-order valence-corrected chi connectivity index (χ3v) is 4.66. The Bertz CT molecular complexity index is 421. The van der Waals surface area contributed by atoms with Crippen molar-refractivity contribution in [1.82, 2.24) is 5.32 Å². The lowest BCUT2D eigenvalue weighted by Crippen LogP contribution is -2.35. The summed E-state index contributed by atoms with van der Waals surface area (Å²) in [6.07, 6.45) is 5.20. The minimum Gasteiger partial charge on any atom is -0.496 e. The summed E-state index contributed by atoms with van der Waals surface area (Å²) >= 11 is 3.52. The lowest BCUT2D eigenvalue weighted by atomic mass is 9.75. The van der Waals surface area contributed by atoms with Crippen molar-refractivity contribution in [2.45, 2.75) is 52.1 Å². The quantitative estimate of drug-likeness (QED) is 0.878. The maximum absolute atomic E-state index is 5.41. The molecule has 19 heavy (non-hydrogen) atoms. The van der Waals surface area contributed by atoms with Gasteiger partial charge in [-0.25, -0.2) is 0 Å². The highest BCUT2D eigenvalue weighted by molar-refractivity contribution is 9.10. The number of methoxy groups -OCH3 is 1. The van der Waals surface area contributed by atoms with E-state index in [2.05, 4.69) is 41.2 Å². The second kappa shape index (κ2) is 6.27. The highest BCUT2D eigenvalue weighted by Crippen LogP contribution is 2.35. The molecule has 0 aromatic heterocycles. The molecule has 2 nitrogen and oxygen atoms in total. The van der Waals surface area contributed by atoms with Gasteiger partial charge in [-0.2, -0.15) is 0 Å². The van der Waals surface area contributed by atoms with Crippen LogP contribution in [0.1, 0.15) is 45.1 Å². The first kappa shape index (κ1) is 14.9. The number of hydrogen-bond acceptors (Lipinski definition) is 2. The fourth-order valence-corrected chi connectivity index (χ4v) is 3.15. The highest BCUT2D eigenvalue weighted by atomic mass is 79.9. The van der Waals surface area contributed by atoms with Crippen molar-refractivity contribution in [3.63, 3.8) is 0 Å². The zero-order valence-electron chi connectivity index (χ0n) is 12.1. The van der Waals surface area contributed by atoms with Gasteiger partial charge in [0.1, 0.15) is 5.75 Å².